The van der Waals surface area contributed by atoms with Crippen LogP contribution in [0.4, 0.5) is 0 Å². The van der Waals surface area contributed by atoms with Gasteiger partial charge in [0.15, 0.2) is 5.79 Å². The van der Waals surface area contributed by atoms with Crippen LogP contribution >= 0.6 is 7.82 Å². The van der Waals surface area contributed by atoms with Gasteiger partial charge >= 0.3 is 7.82 Å². The number of aliphatic hydroxyl groups is 2. The third-order valence-corrected chi connectivity index (χ3v) is 5.26. The minimum absolute atomic E-state index is 0.0253. The number of ether oxygens (including phenoxy) is 1. The number of aliphatic hydroxyl groups excluding tert-OH is 1. The molecule has 3 unspecified atom stereocenters. The fraction of sp³-hybridized carbons (Fsp3) is 1.00. The summed E-state index contributed by atoms with van der Waals surface area (Å²) in [5.74, 6) is -1.53. The van der Waals surface area contributed by atoms with Crippen LogP contribution in [-0.2, 0) is 13.8 Å². The fourth-order valence-electron chi connectivity index (χ4n) is 3.47. The molecule has 142 valence electrons. The SMILES string of the molecule is O=P(O)(O)OCCC(O)(OCC1CCCN1CCO)C1CCCN1. The molecular formula is C14H29N2O7P. The Morgan fingerprint density at radius 3 is 2.71 bits per heavy atom. The second-order valence-electron chi connectivity index (χ2n) is 6.43. The van der Waals surface area contributed by atoms with Crippen molar-refractivity contribution in [2.75, 3.05) is 39.5 Å². The molecule has 2 fully saturated rings. The van der Waals surface area contributed by atoms with Crippen LogP contribution in [0.25, 0.3) is 0 Å². The maximum atomic E-state index is 10.9. The molecule has 0 bridgehead atoms. The van der Waals surface area contributed by atoms with Crippen molar-refractivity contribution in [1.82, 2.24) is 10.2 Å². The van der Waals surface area contributed by atoms with E-state index >= 15 is 0 Å². The van der Waals surface area contributed by atoms with Gasteiger partial charge in [-0.1, -0.05) is 0 Å². The first-order valence-electron chi connectivity index (χ1n) is 8.49. The van der Waals surface area contributed by atoms with E-state index in [0.717, 1.165) is 38.8 Å². The highest BCUT2D eigenvalue weighted by molar-refractivity contribution is 7.46. The second kappa shape index (κ2) is 9.02. The van der Waals surface area contributed by atoms with Gasteiger partial charge in [-0.05, 0) is 38.8 Å². The standard InChI is InChI=1S/C14H29N2O7P/c17-9-8-16-7-2-3-12(16)11-22-14(18,13-4-1-6-15-13)5-10-23-24(19,20)21/h12-13,15,17-18H,1-11H2,(H2,19,20,21). The average molecular weight is 368 g/mol. The van der Waals surface area contributed by atoms with Gasteiger partial charge in [-0.15, -0.1) is 0 Å². The number of rotatable bonds is 10. The molecule has 2 rings (SSSR count). The van der Waals surface area contributed by atoms with Crippen molar-refractivity contribution >= 4 is 7.82 Å². The molecule has 0 amide bonds. The zero-order chi connectivity index (χ0) is 17.6. The van der Waals surface area contributed by atoms with Gasteiger partial charge in [0.05, 0.1) is 25.9 Å². The van der Waals surface area contributed by atoms with Gasteiger partial charge in [0, 0.05) is 19.0 Å². The van der Waals surface area contributed by atoms with Crippen LogP contribution in [0.3, 0.4) is 0 Å². The number of phosphoric acid groups is 1. The van der Waals surface area contributed by atoms with Crippen LogP contribution in [0, 0.1) is 0 Å². The molecule has 0 radical (unpaired) electrons. The zero-order valence-electron chi connectivity index (χ0n) is 13.8. The quantitative estimate of drug-likeness (QED) is 0.253. The number of hydrogen-bond acceptors (Lipinski definition) is 7. The molecule has 2 saturated heterocycles. The van der Waals surface area contributed by atoms with Crippen LogP contribution in [0.15, 0.2) is 0 Å². The smallest absolute Gasteiger partial charge is 0.395 e. The molecule has 2 aliphatic rings. The van der Waals surface area contributed by atoms with E-state index in [1.165, 1.54) is 0 Å². The van der Waals surface area contributed by atoms with Gasteiger partial charge in [-0.2, -0.15) is 0 Å². The minimum atomic E-state index is -4.56. The van der Waals surface area contributed by atoms with E-state index < -0.39 is 13.6 Å². The Morgan fingerprint density at radius 1 is 1.29 bits per heavy atom. The molecular weight excluding hydrogens is 339 g/mol. The maximum Gasteiger partial charge on any atom is 0.469 e. The Balaban J connectivity index is 1.91. The molecule has 0 aromatic carbocycles. The van der Waals surface area contributed by atoms with E-state index in [2.05, 4.69) is 14.7 Å². The fourth-order valence-corrected chi connectivity index (χ4v) is 3.80. The Hall–Kier alpha value is -0.0900. The van der Waals surface area contributed by atoms with Crippen LogP contribution in [0.5, 0.6) is 0 Å². The predicted molar refractivity (Wildman–Crippen MR) is 86.2 cm³/mol. The largest absolute Gasteiger partial charge is 0.469 e. The van der Waals surface area contributed by atoms with Gasteiger partial charge in [0.1, 0.15) is 0 Å². The Kier molecular flexibility index (Phi) is 7.60. The summed E-state index contributed by atoms with van der Waals surface area (Å²) in [4.78, 5) is 19.7. The molecule has 0 aromatic heterocycles. The third-order valence-electron chi connectivity index (χ3n) is 4.74. The maximum absolute atomic E-state index is 10.9. The Bertz CT molecular complexity index is 429. The lowest BCUT2D eigenvalue weighted by Gasteiger charge is -2.36. The summed E-state index contributed by atoms with van der Waals surface area (Å²) in [6.45, 7) is 2.36. The van der Waals surface area contributed by atoms with E-state index in [0.29, 0.717) is 13.2 Å². The number of hydrogen-bond donors (Lipinski definition) is 5. The van der Waals surface area contributed by atoms with Crippen LogP contribution in [0.2, 0.25) is 0 Å². The number of phosphoric ester groups is 1. The van der Waals surface area contributed by atoms with E-state index in [4.69, 9.17) is 19.6 Å². The molecule has 5 N–H and O–H groups in total. The number of nitrogens with zero attached hydrogens (tertiary/aromatic N) is 1. The molecule has 2 aliphatic heterocycles. The van der Waals surface area contributed by atoms with Crippen molar-refractivity contribution in [2.45, 2.75) is 50.0 Å². The molecule has 0 aliphatic carbocycles. The molecule has 0 saturated carbocycles. The first-order chi connectivity index (χ1) is 11.3. The monoisotopic (exact) mass is 368 g/mol. The van der Waals surface area contributed by atoms with Crippen LogP contribution in [-0.4, -0.2) is 82.2 Å². The first-order valence-corrected chi connectivity index (χ1v) is 10.0. The molecule has 0 spiro atoms. The van der Waals surface area contributed by atoms with Crippen molar-refractivity contribution in [3.05, 3.63) is 0 Å². The van der Waals surface area contributed by atoms with Gasteiger partial charge in [-0.25, -0.2) is 4.57 Å². The molecule has 3 atom stereocenters. The zero-order valence-corrected chi connectivity index (χ0v) is 14.7. The van der Waals surface area contributed by atoms with Crippen LogP contribution in [0.1, 0.15) is 32.1 Å². The summed E-state index contributed by atoms with van der Waals surface area (Å²) in [6, 6.07) is -0.154. The number of likely N-dealkylation sites (tertiary alicyclic amines) is 1. The van der Waals surface area contributed by atoms with Gasteiger partial charge in [-0.3, -0.25) is 9.42 Å². The first kappa shape index (κ1) is 20.2. The summed E-state index contributed by atoms with van der Waals surface area (Å²) in [5, 5.41) is 23.2. The summed E-state index contributed by atoms with van der Waals surface area (Å²) in [7, 11) is -4.56. The normalized spacial score (nSPS) is 28.3. The van der Waals surface area contributed by atoms with Crippen molar-refractivity contribution in [2.24, 2.45) is 0 Å². The van der Waals surface area contributed by atoms with Gasteiger partial charge in [0.2, 0.25) is 0 Å². The van der Waals surface area contributed by atoms with Gasteiger partial charge in [0.25, 0.3) is 0 Å². The van der Waals surface area contributed by atoms with Crippen molar-refractivity contribution < 1.29 is 33.8 Å². The number of nitrogens with one attached hydrogen (secondary N) is 1. The minimum Gasteiger partial charge on any atom is -0.395 e. The van der Waals surface area contributed by atoms with Crippen molar-refractivity contribution in [3.8, 4) is 0 Å². The predicted octanol–water partition coefficient (Wildman–Crippen LogP) is -0.600. The summed E-state index contributed by atoms with van der Waals surface area (Å²) < 4.78 is 21.1. The average Bonchev–Trinajstić information content (AvgIpc) is 3.16. The molecule has 10 heteroatoms. The highest BCUT2D eigenvalue weighted by Gasteiger charge is 2.41. The van der Waals surface area contributed by atoms with Crippen LogP contribution < -0.4 is 5.32 Å². The highest BCUT2D eigenvalue weighted by Crippen LogP contribution is 2.37. The van der Waals surface area contributed by atoms with E-state index in [1.54, 1.807) is 0 Å². The van der Waals surface area contributed by atoms with E-state index in [9.17, 15) is 9.67 Å². The number of β-amino-alcohol motifs (C(OH)–C–C–N with tert-alkyl or cyclic N) is 1. The lowest BCUT2D eigenvalue weighted by Crippen LogP contribution is -2.52. The van der Waals surface area contributed by atoms with E-state index in [1.807, 2.05) is 0 Å². The summed E-state index contributed by atoms with van der Waals surface area (Å²) in [5.41, 5.74) is 0. The Labute approximate surface area is 142 Å². The topological polar surface area (TPSA) is 132 Å². The van der Waals surface area contributed by atoms with E-state index in [-0.39, 0.29) is 31.7 Å². The molecule has 2 heterocycles. The summed E-state index contributed by atoms with van der Waals surface area (Å²) >= 11 is 0. The lowest BCUT2D eigenvalue weighted by atomic mass is 10.0. The van der Waals surface area contributed by atoms with Crippen molar-refractivity contribution in [1.29, 1.82) is 0 Å². The molecule has 24 heavy (non-hydrogen) atoms. The highest BCUT2D eigenvalue weighted by atomic mass is 31.2. The third kappa shape index (κ3) is 6.01. The lowest BCUT2D eigenvalue weighted by molar-refractivity contribution is -0.232. The Morgan fingerprint density at radius 2 is 2.08 bits per heavy atom. The molecule has 0 aromatic rings. The summed E-state index contributed by atoms with van der Waals surface area (Å²) in [6.07, 6.45) is 3.58. The van der Waals surface area contributed by atoms with Gasteiger partial charge < -0.3 is 30.1 Å². The molecule has 9 nitrogen and oxygen atoms in total. The second-order valence-corrected chi connectivity index (χ2v) is 7.67. The van der Waals surface area contributed by atoms with Crippen molar-refractivity contribution in [3.63, 3.8) is 0 Å².